The first kappa shape index (κ1) is 19.4. The third kappa shape index (κ3) is 5.33. The van der Waals surface area contributed by atoms with Crippen molar-refractivity contribution in [2.45, 2.75) is 33.6 Å². The summed E-state index contributed by atoms with van der Waals surface area (Å²) in [6.45, 7) is 6.80. The third-order valence-electron chi connectivity index (χ3n) is 3.61. The normalized spacial score (nSPS) is 11.0. The number of ether oxygens (including phenoxy) is 1. The van der Waals surface area contributed by atoms with Crippen molar-refractivity contribution in [1.82, 2.24) is 15.2 Å². The van der Waals surface area contributed by atoms with E-state index in [1.54, 1.807) is 0 Å². The first-order valence-corrected chi connectivity index (χ1v) is 10.5. The average molecular weight is 403 g/mol. The van der Waals surface area contributed by atoms with Gasteiger partial charge in [0.1, 0.15) is 15.8 Å². The van der Waals surface area contributed by atoms with E-state index in [1.165, 1.54) is 22.7 Å². The molecule has 1 N–H and O–H groups in total. The summed E-state index contributed by atoms with van der Waals surface area (Å²) >= 11 is 2.93. The predicted molar refractivity (Wildman–Crippen MR) is 110 cm³/mol. The Morgan fingerprint density at radius 1 is 1.26 bits per heavy atom. The van der Waals surface area contributed by atoms with E-state index in [-0.39, 0.29) is 12.3 Å². The molecule has 6 nitrogen and oxygen atoms in total. The lowest BCUT2D eigenvalue weighted by molar-refractivity contribution is -0.115. The lowest BCUT2D eigenvalue weighted by Crippen LogP contribution is -2.14. The van der Waals surface area contributed by atoms with Crippen molar-refractivity contribution in [3.8, 4) is 16.3 Å². The van der Waals surface area contributed by atoms with Crippen molar-refractivity contribution < 1.29 is 9.53 Å². The van der Waals surface area contributed by atoms with Crippen molar-refractivity contribution in [1.29, 1.82) is 0 Å². The summed E-state index contributed by atoms with van der Waals surface area (Å²) in [6, 6.07) is 7.80. The smallest absolute Gasteiger partial charge is 0.232 e. The summed E-state index contributed by atoms with van der Waals surface area (Å²) in [5.41, 5.74) is 1.67. The molecular formula is C19H22N4O2S2. The fraction of sp³-hybridized carbons (Fsp3) is 0.368. The van der Waals surface area contributed by atoms with Crippen molar-refractivity contribution in [3.63, 3.8) is 0 Å². The highest BCUT2D eigenvalue weighted by atomic mass is 32.1. The number of rotatable bonds is 8. The zero-order valence-electron chi connectivity index (χ0n) is 15.6. The van der Waals surface area contributed by atoms with E-state index in [9.17, 15) is 4.79 Å². The van der Waals surface area contributed by atoms with Gasteiger partial charge < -0.3 is 10.1 Å². The number of para-hydroxylation sites is 1. The van der Waals surface area contributed by atoms with Crippen LogP contribution in [0.2, 0.25) is 0 Å². The van der Waals surface area contributed by atoms with Crippen LogP contribution in [-0.4, -0.2) is 27.7 Å². The Morgan fingerprint density at radius 2 is 2.07 bits per heavy atom. The van der Waals surface area contributed by atoms with Crippen LogP contribution >= 0.6 is 22.7 Å². The minimum absolute atomic E-state index is 0.141. The molecule has 2 heterocycles. The summed E-state index contributed by atoms with van der Waals surface area (Å²) < 4.78 is 5.66. The van der Waals surface area contributed by atoms with Crippen molar-refractivity contribution in [2.75, 3.05) is 11.9 Å². The van der Waals surface area contributed by atoms with Crippen LogP contribution in [0.15, 0.2) is 29.6 Å². The molecule has 0 unspecified atom stereocenters. The molecule has 0 aliphatic rings. The molecule has 0 aliphatic carbocycles. The highest BCUT2D eigenvalue weighted by molar-refractivity contribution is 7.15. The maximum Gasteiger partial charge on any atom is 0.232 e. The van der Waals surface area contributed by atoms with Crippen LogP contribution in [0.5, 0.6) is 5.75 Å². The van der Waals surface area contributed by atoms with E-state index in [0.29, 0.717) is 17.7 Å². The molecule has 1 aromatic carbocycles. The molecule has 8 heteroatoms. The maximum atomic E-state index is 12.3. The summed E-state index contributed by atoms with van der Waals surface area (Å²) in [5.74, 6) is 1.17. The van der Waals surface area contributed by atoms with Crippen LogP contribution < -0.4 is 10.1 Å². The van der Waals surface area contributed by atoms with Gasteiger partial charge in [-0.3, -0.25) is 4.79 Å². The number of hydrogen-bond acceptors (Lipinski definition) is 7. The van der Waals surface area contributed by atoms with E-state index < -0.39 is 0 Å². The number of amides is 1. The number of nitrogens with zero attached hydrogens (tertiary/aromatic N) is 3. The van der Waals surface area contributed by atoms with Crippen LogP contribution in [0.1, 0.15) is 31.5 Å². The quantitative estimate of drug-likeness (QED) is 0.603. The number of carbonyl (C=O) groups excluding carboxylic acids is 1. The lowest BCUT2D eigenvalue weighted by Gasteiger charge is -2.07. The minimum atomic E-state index is -0.141. The maximum absolute atomic E-state index is 12.3. The van der Waals surface area contributed by atoms with Gasteiger partial charge in [0.05, 0.1) is 24.3 Å². The number of aromatic nitrogens is 3. The van der Waals surface area contributed by atoms with Crippen LogP contribution in [0.25, 0.3) is 10.6 Å². The van der Waals surface area contributed by atoms with E-state index in [4.69, 9.17) is 4.74 Å². The van der Waals surface area contributed by atoms with Crippen LogP contribution in [0.4, 0.5) is 5.13 Å². The molecule has 142 valence electrons. The van der Waals surface area contributed by atoms with Gasteiger partial charge in [0.15, 0.2) is 0 Å². The fourth-order valence-electron chi connectivity index (χ4n) is 2.50. The van der Waals surface area contributed by atoms with Gasteiger partial charge in [0.2, 0.25) is 11.0 Å². The molecule has 0 saturated heterocycles. The summed E-state index contributed by atoms with van der Waals surface area (Å²) in [6.07, 6.45) is 1.06. The van der Waals surface area contributed by atoms with Gasteiger partial charge in [-0.15, -0.1) is 21.5 Å². The average Bonchev–Trinajstić information content (AvgIpc) is 3.25. The van der Waals surface area contributed by atoms with Gasteiger partial charge in [0.25, 0.3) is 0 Å². The van der Waals surface area contributed by atoms with Crippen molar-refractivity contribution in [3.05, 3.63) is 40.3 Å². The van der Waals surface area contributed by atoms with Gasteiger partial charge in [-0.2, -0.15) is 0 Å². The molecule has 0 bridgehead atoms. The molecule has 0 aliphatic heterocycles. The number of benzene rings is 1. The molecule has 2 aromatic heterocycles. The van der Waals surface area contributed by atoms with Gasteiger partial charge >= 0.3 is 0 Å². The minimum Gasteiger partial charge on any atom is -0.493 e. The molecule has 3 aromatic rings. The van der Waals surface area contributed by atoms with Gasteiger partial charge in [0, 0.05) is 11.8 Å². The largest absolute Gasteiger partial charge is 0.493 e. The second-order valence-corrected chi connectivity index (χ2v) is 8.32. The molecule has 0 saturated carbocycles. The van der Waals surface area contributed by atoms with Gasteiger partial charge in [-0.25, -0.2) is 4.98 Å². The summed E-state index contributed by atoms with van der Waals surface area (Å²) in [5, 5.41) is 15.2. The molecule has 3 rings (SSSR count). The van der Waals surface area contributed by atoms with Gasteiger partial charge in [-0.05, 0) is 25.0 Å². The van der Waals surface area contributed by atoms with Crippen molar-refractivity contribution in [2.24, 2.45) is 5.92 Å². The SMILES string of the molecule is CCOc1ccccc1-c1nc(CC(=O)Nc2nnc(CC(C)C)s2)cs1. The molecule has 0 spiro atoms. The first-order valence-electron chi connectivity index (χ1n) is 8.84. The Kier molecular flexibility index (Phi) is 6.52. The highest BCUT2D eigenvalue weighted by Gasteiger charge is 2.14. The number of thiazole rings is 1. The van der Waals surface area contributed by atoms with Gasteiger partial charge in [-0.1, -0.05) is 37.3 Å². The second kappa shape index (κ2) is 9.05. The lowest BCUT2D eigenvalue weighted by atomic mass is 10.1. The Hall–Kier alpha value is -2.32. The Balaban J connectivity index is 1.64. The Bertz CT molecular complexity index is 905. The van der Waals surface area contributed by atoms with Crippen LogP contribution in [-0.2, 0) is 17.6 Å². The highest BCUT2D eigenvalue weighted by Crippen LogP contribution is 2.32. The molecule has 0 atom stereocenters. The third-order valence-corrected chi connectivity index (χ3v) is 5.39. The molecule has 0 fully saturated rings. The van der Waals surface area contributed by atoms with E-state index in [1.807, 2.05) is 36.6 Å². The van der Waals surface area contributed by atoms with E-state index >= 15 is 0 Å². The van der Waals surface area contributed by atoms with Crippen molar-refractivity contribution >= 4 is 33.7 Å². The van der Waals surface area contributed by atoms with E-state index in [2.05, 4.69) is 34.3 Å². The molecule has 27 heavy (non-hydrogen) atoms. The first-order chi connectivity index (χ1) is 13.0. The Morgan fingerprint density at radius 3 is 2.85 bits per heavy atom. The summed E-state index contributed by atoms with van der Waals surface area (Å²) in [4.78, 5) is 16.9. The Labute approximate surface area is 166 Å². The number of carbonyl (C=O) groups is 1. The summed E-state index contributed by atoms with van der Waals surface area (Å²) in [7, 11) is 0. The zero-order chi connectivity index (χ0) is 19.2. The topological polar surface area (TPSA) is 77.0 Å². The number of nitrogens with one attached hydrogen (secondary N) is 1. The van der Waals surface area contributed by atoms with Crippen LogP contribution in [0.3, 0.4) is 0 Å². The standard InChI is InChI=1S/C19H22N4O2S2/c1-4-25-15-8-6-5-7-14(15)18-20-13(11-26-18)10-16(24)21-19-23-22-17(27-19)9-12(2)3/h5-8,11-12H,4,9-10H2,1-3H3,(H,21,23,24). The fourth-order valence-corrected chi connectivity index (χ4v) is 4.32. The number of anilines is 1. The zero-order valence-corrected chi connectivity index (χ0v) is 17.2. The predicted octanol–water partition coefficient (Wildman–Crippen LogP) is 4.44. The monoisotopic (exact) mass is 402 g/mol. The molecule has 0 radical (unpaired) electrons. The number of hydrogen-bond donors (Lipinski definition) is 1. The van der Waals surface area contributed by atoms with E-state index in [0.717, 1.165) is 33.4 Å². The second-order valence-electron chi connectivity index (χ2n) is 6.40. The molecule has 1 amide bonds. The van der Waals surface area contributed by atoms with Crippen LogP contribution in [0, 0.1) is 5.92 Å². The molecular weight excluding hydrogens is 380 g/mol.